The van der Waals surface area contributed by atoms with Gasteiger partial charge < -0.3 is 23.5 Å². The van der Waals surface area contributed by atoms with Gasteiger partial charge in [0.25, 0.3) is 0 Å². The summed E-state index contributed by atoms with van der Waals surface area (Å²) in [5.41, 5.74) is 22.7. The first-order valence-electron chi connectivity index (χ1n) is 47.0. The van der Waals surface area contributed by atoms with Crippen LogP contribution in [0.3, 0.4) is 0 Å². The van der Waals surface area contributed by atoms with E-state index in [1.165, 1.54) is 133 Å². The summed E-state index contributed by atoms with van der Waals surface area (Å²) in [7, 11) is 0. The van der Waals surface area contributed by atoms with E-state index in [0.717, 1.165) is 0 Å². The van der Waals surface area contributed by atoms with Crippen molar-refractivity contribution in [2.24, 2.45) is 0 Å². The molecule has 0 spiro atoms. The van der Waals surface area contributed by atoms with Crippen molar-refractivity contribution in [3.63, 3.8) is 0 Å². The van der Waals surface area contributed by atoms with Crippen molar-refractivity contribution in [1.82, 2.24) is 13.7 Å². The Labute approximate surface area is 753 Å². The highest BCUT2D eigenvalue weighted by atomic mass is 15.1. The second-order valence-corrected chi connectivity index (χ2v) is 28.2. The van der Waals surface area contributed by atoms with Crippen LogP contribution in [-0.2, 0) is 0 Å². The average Bonchev–Trinajstić information content (AvgIpc) is 1.59. The lowest BCUT2D eigenvalue weighted by Crippen LogP contribution is -2.10. The SMILES string of the molecule is CC.CC.CC.CC.CC.CC.CC.CC.CC.CC.CC(C)c1ccc(-n2c3ccccc3c3ccccc32)cc1.CC(C)c1ccc(N(c2ccccc2)c2ccccc2)cc1.CC(C)c1cccc(-n2c3ccccc3c3ccccc32)c1.CC(C)c1cccc(N(c2ccccc2)c2ccccc2)c1.CC(C)n1c2ccccc2c2ccccc21. The second kappa shape index (κ2) is 59.8. The fourth-order valence-corrected chi connectivity index (χ4v) is 14.2. The lowest BCUT2D eigenvalue weighted by atomic mass is 10.0. The Balaban J connectivity index is 0.000000381. The van der Waals surface area contributed by atoms with Crippen molar-refractivity contribution >= 4 is 99.5 Å². The Kier molecular flexibility index (Phi) is 51.2. The van der Waals surface area contributed by atoms with Crippen molar-refractivity contribution in [3.8, 4) is 11.4 Å². The standard InChI is InChI=1S/2C21H19N.2C21H21N.C15H15N.10C2H6/c1-15(2)16-8-7-9-17(14-16)22-20-12-5-3-10-18(20)19-11-4-6-13-21(19)22;1-15(2)16-11-13-17(14-12-16)22-20-9-5-3-7-18(20)19-8-4-6-10-21(19)22;1-17(2)18-10-9-15-21(16-18)22(19-11-5-3-6-12-19)20-13-7-4-8-14-20;1-17(2)18-13-15-21(16-14-18)22(19-9-5-3-6-10-19)20-11-7-4-8-12-20;1-11(2)16-14-9-5-3-7-12(14)13-8-4-6-10-15(13)16;10*1-2/h2*3-15H,1-2H3;2*3-17H,1-2H3;3-11H,1-2H3;10*1-2H3. The molecule has 124 heavy (non-hydrogen) atoms. The molecule has 14 aromatic carbocycles. The van der Waals surface area contributed by atoms with Gasteiger partial charge in [0, 0.05) is 94.9 Å². The van der Waals surface area contributed by atoms with Gasteiger partial charge in [-0.25, -0.2) is 0 Å². The molecule has 0 aliphatic carbocycles. The summed E-state index contributed by atoms with van der Waals surface area (Å²) in [6, 6.07) is 130. The molecule has 656 valence electrons. The van der Waals surface area contributed by atoms with Crippen LogP contribution >= 0.6 is 0 Å². The van der Waals surface area contributed by atoms with Gasteiger partial charge in [0.2, 0.25) is 0 Å². The van der Waals surface area contributed by atoms with Crippen molar-refractivity contribution < 1.29 is 0 Å². The van der Waals surface area contributed by atoms with Crippen LogP contribution in [0, 0.1) is 0 Å². The van der Waals surface area contributed by atoms with Crippen LogP contribution in [0.25, 0.3) is 76.8 Å². The molecule has 5 nitrogen and oxygen atoms in total. The molecular weight excluding hydrogens is 1500 g/mol. The Morgan fingerprint density at radius 3 is 0.677 bits per heavy atom. The molecule has 0 fully saturated rings. The highest BCUT2D eigenvalue weighted by Crippen LogP contribution is 2.39. The van der Waals surface area contributed by atoms with Crippen LogP contribution in [0.2, 0.25) is 0 Å². The fourth-order valence-electron chi connectivity index (χ4n) is 14.2. The third kappa shape index (κ3) is 28.6. The third-order valence-electron chi connectivity index (χ3n) is 19.6. The van der Waals surface area contributed by atoms with Crippen molar-refractivity contribution in [2.75, 3.05) is 9.80 Å². The zero-order valence-corrected chi connectivity index (χ0v) is 81.8. The number of fused-ring (bicyclic) bond motifs is 9. The molecule has 3 heterocycles. The van der Waals surface area contributed by atoms with E-state index < -0.39 is 0 Å². The minimum Gasteiger partial charge on any atom is -0.338 e. The van der Waals surface area contributed by atoms with Gasteiger partial charge in [0.15, 0.2) is 0 Å². The molecule has 5 heteroatoms. The average molecular weight is 1660 g/mol. The molecule has 0 saturated carbocycles. The van der Waals surface area contributed by atoms with Gasteiger partial charge in [-0.1, -0.05) is 424 Å². The number of para-hydroxylation sites is 10. The number of benzene rings is 14. The van der Waals surface area contributed by atoms with E-state index in [0.29, 0.717) is 29.7 Å². The quantitative estimate of drug-likeness (QED) is 0.115. The highest BCUT2D eigenvalue weighted by Gasteiger charge is 2.18. The first-order chi connectivity index (χ1) is 60.8. The maximum absolute atomic E-state index is 2.41. The minimum absolute atomic E-state index is 0.491. The highest BCUT2D eigenvalue weighted by molar-refractivity contribution is 6.11. The predicted octanol–water partition coefficient (Wildman–Crippen LogP) is 39.0. The number of anilines is 6. The zero-order chi connectivity index (χ0) is 92.1. The van der Waals surface area contributed by atoms with E-state index in [-0.39, 0.29) is 0 Å². The van der Waals surface area contributed by atoms with E-state index in [9.17, 15) is 0 Å². The molecule has 0 unspecified atom stereocenters. The van der Waals surface area contributed by atoms with E-state index in [4.69, 9.17) is 0 Å². The normalized spacial score (nSPS) is 9.90. The van der Waals surface area contributed by atoms with Gasteiger partial charge in [0.1, 0.15) is 0 Å². The third-order valence-corrected chi connectivity index (χ3v) is 19.6. The first-order valence-corrected chi connectivity index (χ1v) is 47.0. The Morgan fingerprint density at radius 2 is 0.387 bits per heavy atom. The van der Waals surface area contributed by atoms with Gasteiger partial charge in [0.05, 0.1) is 22.1 Å². The lowest BCUT2D eigenvalue weighted by Gasteiger charge is -2.26. The minimum atomic E-state index is 0.491. The number of aromatic nitrogens is 3. The van der Waals surface area contributed by atoms with Gasteiger partial charge in [-0.2, -0.15) is 0 Å². The number of hydrogen-bond acceptors (Lipinski definition) is 2. The van der Waals surface area contributed by atoms with Crippen LogP contribution in [-0.4, -0.2) is 13.7 Å². The summed E-state index contributed by atoms with van der Waals surface area (Å²) in [4.78, 5) is 4.58. The summed E-state index contributed by atoms with van der Waals surface area (Å²) < 4.78 is 7.13. The van der Waals surface area contributed by atoms with E-state index >= 15 is 0 Å². The smallest absolute Gasteiger partial charge is 0.0541 e. The molecular formula is C119H155N5. The molecule has 0 bridgehead atoms. The fraction of sp³-hybridized carbons (Fsp3) is 0.294. The summed E-state index contributed by atoms with van der Waals surface area (Å²) in [5, 5.41) is 7.96. The molecule has 0 saturated heterocycles. The molecule has 17 aromatic rings. The van der Waals surface area contributed by atoms with E-state index in [2.05, 4.69) is 457 Å². The molecule has 0 aliphatic heterocycles. The molecule has 3 aromatic heterocycles. The van der Waals surface area contributed by atoms with Crippen molar-refractivity contribution in [3.05, 3.63) is 386 Å². The monoisotopic (exact) mass is 1650 g/mol. The molecule has 0 aliphatic rings. The largest absolute Gasteiger partial charge is 0.338 e. The van der Waals surface area contributed by atoms with Gasteiger partial charge in [-0.15, -0.1) is 0 Å². The van der Waals surface area contributed by atoms with Gasteiger partial charge >= 0.3 is 0 Å². The Bertz CT molecular complexity index is 5350. The van der Waals surface area contributed by atoms with E-state index in [1.807, 2.05) is 138 Å². The van der Waals surface area contributed by atoms with Crippen LogP contribution in [0.4, 0.5) is 34.1 Å². The van der Waals surface area contributed by atoms with Crippen LogP contribution in [0.1, 0.15) is 260 Å². The number of rotatable bonds is 13. The summed E-state index contributed by atoms with van der Waals surface area (Å²) in [6.07, 6.45) is 0. The van der Waals surface area contributed by atoms with Gasteiger partial charge in [-0.3, -0.25) is 0 Å². The van der Waals surface area contributed by atoms with Crippen molar-refractivity contribution in [2.45, 2.75) is 237 Å². The summed E-state index contributed by atoms with van der Waals surface area (Å²) in [5.74, 6) is 2.17. The Hall–Kier alpha value is -11.9. The maximum atomic E-state index is 2.41. The zero-order valence-electron chi connectivity index (χ0n) is 81.8. The Morgan fingerprint density at radius 1 is 0.169 bits per heavy atom. The summed E-state index contributed by atoms with van der Waals surface area (Å²) >= 11 is 0. The topological polar surface area (TPSA) is 21.3 Å². The van der Waals surface area contributed by atoms with E-state index in [1.54, 1.807) is 0 Å². The molecule has 0 atom stereocenters. The van der Waals surface area contributed by atoms with Gasteiger partial charge in [-0.05, 0) is 193 Å². The first kappa shape index (κ1) is 106. The number of nitrogens with zero attached hydrogens (tertiary/aromatic N) is 5. The van der Waals surface area contributed by atoms with Crippen LogP contribution < -0.4 is 9.80 Å². The predicted molar refractivity (Wildman–Crippen MR) is 563 cm³/mol. The maximum Gasteiger partial charge on any atom is 0.0541 e. The lowest BCUT2D eigenvalue weighted by molar-refractivity contribution is 0.642. The molecule has 0 radical (unpaired) electrons. The van der Waals surface area contributed by atoms with Crippen LogP contribution in [0.15, 0.2) is 364 Å². The second-order valence-electron chi connectivity index (χ2n) is 28.2. The molecule has 0 N–H and O–H groups in total. The number of hydrogen-bond donors (Lipinski definition) is 0. The van der Waals surface area contributed by atoms with Crippen LogP contribution in [0.5, 0.6) is 0 Å². The summed E-state index contributed by atoms with van der Waals surface area (Å²) in [6.45, 7) is 62.3. The van der Waals surface area contributed by atoms with Crippen molar-refractivity contribution in [1.29, 1.82) is 0 Å². The molecule has 17 rings (SSSR count). The molecule has 0 amide bonds.